The Balaban J connectivity index is 1.93. The zero-order valence-electron chi connectivity index (χ0n) is 14.1. The van der Waals surface area contributed by atoms with Crippen LogP contribution >= 0.6 is 0 Å². The largest absolute Gasteiger partial charge is 0.472 e. The lowest BCUT2D eigenvalue weighted by molar-refractivity contribution is -0.136. The molecule has 7 nitrogen and oxygen atoms in total. The van der Waals surface area contributed by atoms with Crippen LogP contribution in [-0.2, 0) is 22.2 Å². The number of nitrogens with one attached hydrogen (secondary N) is 2. The van der Waals surface area contributed by atoms with E-state index in [1.165, 1.54) is 36.4 Å². The molecule has 2 N–H and O–H groups in total. The lowest BCUT2D eigenvalue weighted by Crippen LogP contribution is -2.35. The summed E-state index contributed by atoms with van der Waals surface area (Å²) in [6.45, 7) is -0.221. The Morgan fingerprint density at radius 2 is 2.00 bits per heavy atom. The summed E-state index contributed by atoms with van der Waals surface area (Å²) in [5.41, 5.74) is -0.279. The van der Waals surface area contributed by atoms with E-state index >= 15 is 0 Å². The first kappa shape index (κ1) is 18.5. The highest BCUT2D eigenvalue weighted by atomic mass is 19.4. The molecule has 142 valence electrons. The number of hydrogen-bond acceptors (Lipinski definition) is 4. The van der Waals surface area contributed by atoms with E-state index in [-0.39, 0.29) is 30.2 Å². The van der Waals surface area contributed by atoms with Gasteiger partial charge in [0, 0.05) is 30.6 Å². The molecule has 10 heteroatoms. The summed E-state index contributed by atoms with van der Waals surface area (Å²) in [6.07, 6.45) is 0.665. The van der Waals surface area contributed by atoms with E-state index in [0.717, 1.165) is 6.07 Å². The van der Waals surface area contributed by atoms with Crippen molar-refractivity contribution in [2.75, 3.05) is 13.6 Å². The molecule has 0 spiro atoms. The van der Waals surface area contributed by atoms with Gasteiger partial charge in [-0.2, -0.15) is 13.2 Å². The van der Waals surface area contributed by atoms with E-state index in [0.29, 0.717) is 11.1 Å². The van der Waals surface area contributed by atoms with Crippen molar-refractivity contribution in [3.05, 3.63) is 48.3 Å². The van der Waals surface area contributed by atoms with Crippen LogP contribution in [0.3, 0.4) is 0 Å². The zero-order valence-corrected chi connectivity index (χ0v) is 14.1. The van der Waals surface area contributed by atoms with Crippen LogP contribution in [0.5, 0.6) is 0 Å². The van der Waals surface area contributed by atoms with Crippen LogP contribution in [-0.4, -0.2) is 34.8 Å². The number of aromatic nitrogens is 2. The number of imidazole rings is 1. The lowest BCUT2D eigenvalue weighted by atomic mass is 10.1. The number of fused-ring (bicyclic) bond motifs is 1. The van der Waals surface area contributed by atoms with Crippen LogP contribution in [0, 0.1) is 0 Å². The average Bonchev–Trinajstić information content (AvgIpc) is 3.26. The van der Waals surface area contributed by atoms with E-state index in [1.807, 2.05) is 0 Å². The molecule has 0 saturated carbocycles. The van der Waals surface area contributed by atoms with Gasteiger partial charge in [-0.15, -0.1) is 0 Å². The second-order valence-electron chi connectivity index (χ2n) is 5.74. The second-order valence-corrected chi connectivity index (χ2v) is 5.74. The van der Waals surface area contributed by atoms with Crippen LogP contribution in [0.1, 0.15) is 11.3 Å². The molecule has 0 aromatic carbocycles. The van der Waals surface area contributed by atoms with E-state index < -0.39 is 17.6 Å². The summed E-state index contributed by atoms with van der Waals surface area (Å²) < 4.78 is 46.5. The maximum atomic E-state index is 13.5. The predicted molar refractivity (Wildman–Crippen MR) is 88.7 cm³/mol. The van der Waals surface area contributed by atoms with Crippen molar-refractivity contribution in [3.63, 3.8) is 0 Å². The van der Waals surface area contributed by atoms with Crippen LogP contribution in [0.25, 0.3) is 16.8 Å². The van der Waals surface area contributed by atoms with Crippen molar-refractivity contribution >= 4 is 17.5 Å². The van der Waals surface area contributed by atoms with Crippen LogP contribution in [0.15, 0.2) is 41.5 Å². The first-order valence-electron chi connectivity index (χ1n) is 7.86. The highest BCUT2D eigenvalue weighted by Gasteiger charge is 2.35. The highest BCUT2D eigenvalue weighted by molar-refractivity contribution is 5.85. The molecule has 0 radical (unpaired) electrons. The summed E-state index contributed by atoms with van der Waals surface area (Å²) in [5.74, 6) is -0.909. The average molecular weight is 380 g/mol. The molecule has 0 aliphatic rings. The number of halogens is 3. The number of likely N-dealkylation sites (N-methyl/N-ethyl adjacent to an activating group) is 1. The van der Waals surface area contributed by atoms with Gasteiger partial charge in [-0.25, -0.2) is 4.98 Å². The smallest absolute Gasteiger partial charge is 0.420 e. The third kappa shape index (κ3) is 4.10. The number of alkyl halides is 3. The fourth-order valence-electron chi connectivity index (χ4n) is 2.52. The minimum Gasteiger partial charge on any atom is -0.472 e. The Morgan fingerprint density at radius 3 is 2.63 bits per heavy atom. The first-order chi connectivity index (χ1) is 12.8. The highest BCUT2D eigenvalue weighted by Crippen LogP contribution is 2.35. The van der Waals surface area contributed by atoms with Crippen molar-refractivity contribution in [3.8, 4) is 11.1 Å². The first-order valence-corrected chi connectivity index (χ1v) is 7.86. The van der Waals surface area contributed by atoms with Gasteiger partial charge in [0.2, 0.25) is 11.8 Å². The maximum Gasteiger partial charge on any atom is 0.420 e. The number of carbonyl (C=O) groups is 2. The van der Waals surface area contributed by atoms with Crippen molar-refractivity contribution < 1.29 is 27.2 Å². The SMILES string of the molecule is CNC(=O)CNC(=O)Cc1cn2cc(-c3ccoc3)cc(C(F)(F)F)c2n1. The summed E-state index contributed by atoms with van der Waals surface area (Å²) in [4.78, 5) is 27.0. The van der Waals surface area contributed by atoms with Gasteiger partial charge in [-0.1, -0.05) is 0 Å². The van der Waals surface area contributed by atoms with E-state index in [4.69, 9.17) is 4.42 Å². The van der Waals surface area contributed by atoms with Gasteiger partial charge in [0.15, 0.2) is 0 Å². The van der Waals surface area contributed by atoms with Crippen LogP contribution < -0.4 is 10.6 Å². The second kappa shape index (κ2) is 7.14. The summed E-state index contributed by atoms with van der Waals surface area (Å²) in [6, 6.07) is 2.54. The van der Waals surface area contributed by atoms with Crippen LogP contribution in [0.2, 0.25) is 0 Å². The molecule has 3 rings (SSSR count). The molecule has 0 unspecified atom stereocenters. The van der Waals surface area contributed by atoms with Gasteiger partial charge in [-0.3, -0.25) is 9.59 Å². The molecule has 0 aliphatic carbocycles. The normalized spacial score (nSPS) is 11.6. The molecule has 2 amide bonds. The third-order valence-corrected chi connectivity index (χ3v) is 3.83. The van der Waals surface area contributed by atoms with Gasteiger partial charge in [-0.05, 0) is 12.1 Å². The topological polar surface area (TPSA) is 88.6 Å². The quantitative estimate of drug-likeness (QED) is 0.709. The number of amides is 2. The number of nitrogens with zero attached hydrogens (tertiary/aromatic N) is 2. The zero-order chi connectivity index (χ0) is 19.6. The fraction of sp³-hybridized carbons (Fsp3) is 0.235. The van der Waals surface area contributed by atoms with Gasteiger partial charge >= 0.3 is 6.18 Å². The van der Waals surface area contributed by atoms with Crippen molar-refractivity contribution in [1.82, 2.24) is 20.0 Å². The van der Waals surface area contributed by atoms with E-state index in [1.54, 1.807) is 6.07 Å². The molecule has 3 heterocycles. The van der Waals surface area contributed by atoms with Crippen molar-refractivity contribution in [1.29, 1.82) is 0 Å². The molecule has 0 saturated heterocycles. The number of furan rings is 1. The molecule has 0 bridgehead atoms. The lowest BCUT2D eigenvalue weighted by Gasteiger charge is -2.10. The fourth-order valence-corrected chi connectivity index (χ4v) is 2.52. The van der Waals surface area contributed by atoms with Crippen molar-refractivity contribution in [2.45, 2.75) is 12.6 Å². The Hall–Kier alpha value is -3.30. The van der Waals surface area contributed by atoms with E-state index in [2.05, 4.69) is 15.6 Å². The molecule has 0 aliphatic heterocycles. The van der Waals surface area contributed by atoms with Gasteiger partial charge < -0.3 is 19.5 Å². The minimum absolute atomic E-state index is 0.152. The monoisotopic (exact) mass is 380 g/mol. The standard InChI is InChI=1S/C17H15F3N4O3/c1-21-15(26)6-22-14(25)5-12-8-24-7-11(10-2-3-27-9-10)4-13(16(24)23-12)17(18,19)20/h2-4,7-9H,5-6H2,1H3,(H,21,26)(H,22,25). The van der Waals surface area contributed by atoms with E-state index in [9.17, 15) is 22.8 Å². The Bertz CT molecular complexity index is 977. The van der Waals surface area contributed by atoms with Crippen molar-refractivity contribution in [2.24, 2.45) is 0 Å². The molecule has 3 aromatic heterocycles. The number of pyridine rings is 1. The molecule has 0 fully saturated rings. The third-order valence-electron chi connectivity index (χ3n) is 3.83. The Kier molecular flexibility index (Phi) is 4.89. The molecule has 27 heavy (non-hydrogen) atoms. The summed E-state index contributed by atoms with van der Waals surface area (Å²) in [7, 11) is 1.42. The predicted octanol–water partition coefficient (Wildman–Crippen LogP) is 2.02. The summed E-state index contributed by atoms with van der Waals surface area (Å²) >= 11 is 0. The molecule has 0 atom stereocenters. The van der Waals surface area contributed by atoms with Gasteiger partial charge in [0.05, 0.1) is 36.7 Å². The number of hydrogen-bond donors (Lipinski definition) is 2. The Morgan fingerprint density at radius 1 is 1.22 bits per heavy atom. The Labute approximate surface area is 151 Å². The number of rotatable bonds is 5. The molecular weight excluding hydrogens is 365 g/mol. The minimum atomic E-state index is -4.62. The van der Waals surface area contributed by atoms with Crippen LogP contribution in [0.4, 0.5) is 13.2 Å². The maximum absolute atomic E-state index is 13.5. The molecule has 3 aromatic rings. The molecular formula is C17H15F3N4O3. The number of carbonyl (C=O) groups excluding carboxylic acids is 2. The summed E-state index contributed by atoms with van der Waals surface area (Å²) in [5, 5.41) is 4.71. The van der Waals surface area contributed by atoms with Gasteiger partial charge in [0.1, 0.15) is 5.65 Å². The van der Waals surface area contributed by atoms with Gasteiger partial charge in [0.25, 0.3) is 0 Å².